The van der Waals surface area contributed by atoms with E-state index in [0.717, 1.165) is 15.6 Å². The summed E-state index contributed by atoms with van der Waals surface area (Å²) in [5, 5.41) is 4.19. The Morgan fingerprint density at radius 2 is 2.00 bits per heavy atom. The molecule has 5 nitrogen and oxygen atoms in total. The number of fused-ring (bicyclic) bond motifs is 3. The number of carbonyl (C=O) groups is 1. The van der Waals surface area contributed by atoms with Gasteiger partial charge in [-0.25, -0.2) is 4.98 Å². The van der Waals surface area contributed by atoms with Gasteiger partial charge in [-0.05, 0) is 24.6 Å². The molecule has 1 N–H and O–H groups in total. The molecule has 0 radical (unpaired) electrons. The Kier molecular flexibility index (Phi) is 4.68. The Morgan fingerprint density at radius 3 is 2.78 bits per heavy atom. The van der Waals surface area contributed by atoms with Gasteiger partial charge in [0.05, 0.1) is 16.9 Å². The lowest BCUT2D eigenvalue weighted by atomic mass is 10.1. The number of aromatic nitrogens is 2. The third-order valence-electron chi connectivity index (χ3n) is 4.34. The molecule has 0 aliphatic heterocycles. The lowest BCUT2D eigenvalue weighted by molar-refractivity contribution is -0.121. The van der Waals surface area contributed by atoms with E-state index in [2.05, 4.69) is 10.3 Å². The minimum absolute atomic E-state index is 0.0738. The van der Waals surface area contributed by atoms with Gasteiger partial charge in [0.25, 0.3) is 5.56 Å². The van der Waals surface area contributed by atoms with E-state index in [4.69, 9.17) is 11.6 Å². The number of thiophene rings is 1. The van der Waals surface area contributed by atoms with Crippen LogP contribution in [0, 0.1) is 6.92 Å². The van der Waals surface area contributed by atoms with Gasteiger partial charge in [0.15, 0.2) is 0 Å². The summed E-state index contributed by atoms with van der Waals surface area (Å²) in [5.41, 5.74) is 2.53. The highest BCUT2D eigenvalue weighted by atomic mass is 35.5. The summed E-state index contributed by atoms with van der Waals surface area (Å²) in [7, 11) is 0. The smallest absolute Gasteiger partial charge is 0.271 e. The van der Waals surface area contributed by atoms with E-state index in [-0.39, 0.29) is 18.0 Å². The van der Waals surface area contributed by atoms with Gasteiger partial charge in [0.2, 0.25) is 5.91 Å². The van der Waals surface area contributed by atoms with Crippen LogP contribution < -0.4 is 10.9 Å². The second-order valence-corrected chi connectivity index (χ2v) is 7.79. The zero-order valence-electron chi connectivity index (χ0n) is 14.5. The molecule has 1 amide bonds. The molecule has 0 saturated heterocycles. The second kappa shape index (κ2) is 7.13. The number of rotatable bonds is 4. The first-order chi connectivity index (χ1) is 13.0. The zero-order chi connectivity index (χ0) is 19.0. The SMILES string of the molecule is Cc1ccc(CNC(=O)Cn2cnc3c(sc4cccc(Cl)c43)c2=O)cc1. The van der Waals surface area contributed by atoms with Crippen LogP contribution in [-0.2, 0) is 17.9 Å². The van der Waals surface area contributed by atoms with Crippen LogP contribution in [0.25, 0.3) is 20.3 Å². The lowest BCUT2D eigenvalue weighted by Gasteiger charge is -2.07. The van der Waals surface area contributed by atoms with Gasteiger partial charge >= 0.3 is 0 Å². The molecule has 4 aromatic rings. The minimum atomic E-state index is -0.238. The van der Waals surface area contributed by atoms with E-state index < -0.39 is 0 Å². The number of hydrogen-bond donors (Lipinski definition) is 1. The van der Waals surface area contributed by atoms with Crippen LogP contribution in [0.1, 0.15) is 11.1 Å². The summed E-state index contributed by atoms with van der Waals surface area (Å²) in [6, 6.07) is 13.5. The molecule has 0 bridgehead atoms. The van der Waals surface area contributed by atoms with E-state index in [1.807, 2.05) is 43.3 Å². The second-order valence-electron chi connectivity index (χ2n) is 6.33. The van der Waals surface area contributed by atoms with Gasteiger partial charge in [0.1, 0.15) is 11.2 Å². The van der Waals surface area contributed by atoms with E-state index in [1.54, 1.807) is 6.07 Å². The number of hydrogen-bond acceptors (Lipinski definition) is 4. The van der Waals surface area contributed by atoms with Crippen LogP contribution >= 0.6 is 22.9 Å². The highest BCUT2D eigenvalue weighted by Gasteiger charge is 2.15. The Labute approximate surface area is 164 Å². The molecule has 0 aliphatic rings. The van der Waals surface area contributed by atoms with E-state index in [9.17, 15) is 9.59 Å². The molecular formula is C20H16ClN3O2S. The molecule has 136 valence electrons. The number of amides is 1. The predicted molar refractivity (Wildman–Crippen MR) is 109 cm³/mol. The number of nitrogens with one attached hydrogen (secondary N) is 1. The molecule has 0 saturated carbocycles. The summed E-state index contributed by atoms with van der Waals surface area (Å²) in [6.45, 7) is 2.36. The van der Waals surface area contributed by atoms with Crippen LogP contribution in [0.2, 0.25) is 5.02 Å². The van der Waals surface area contributed by atoms with Gasteiger partial charge in [-0.3, -0.25) is 14.2 Å². The Bertz CT molecular complexity index is 1210. The fourth-order valence-electron chi connectivity index (χ4n) is 2.90. The van der Waals surface area contributed by atoms with Crippen molar-refractivity contribution < 1.29 is 4.79 Å². The number of halogens is 1. The van der Waals surface area contributed by atoms with Gasteiger partial charge in [-0.1, -0.05) is 47.5 Å². The topological polar surface area (TPSA) is 64.0 Å². The fourth-order valence-corrected chi connectivity index (χ4v) is 4.35. The summed E-state index contributed by atoms with van der Waals surface area (Å²) in [4.78, 5) is 29.4. The Balaban J connectivity index is 1.57. The van der Waals surface area contributed by atoms with E-state index in [0.29, 0.717) is 21.8 Å². The Hall–Kier alpha value is -2.70. The van der Waals surface area contributed by atoms with Crippen molar-refractivity contribution in [2.45, 2.75) is 20.0 Å². The van der Waals surface area contributed by atoms with E-state index in [1.165, 1.54) is 27.8 Å². The molecule has 27 heavy (non-hydrogen) atoms. The zero-order valence-corrected chi connectivity index (χ0v) is 16.1. The normalized spacial score (nSPS) is 11.2. The summed E-state index contributed by atoms with van der Waals surface area (Å²) >= 11 is 7.60. The maximum atomic E-state index is 12.8. The summed E-state index contributed by atoms with van der Waals surface area (Å²) in [5.74, 6) is -0.238. The first kappa shape index (κ1) is 17.7. The number of benzene rings is 2. The number of aryl methyl sites for hydroxylation is 1. The summed E-state index contributed by atoms with van der Waals surface area (Å²) in [6.07, 6.45) is 1.41. The maximum absolute atomic E-state index is 12.8. The third-order valence-corrected chi connectivity index (χ3v) is 5.79. The molecule has 2 aromatic heterocycles. The summed E-state index contributed by atoms with van der Waals surface area (Å²) < 4.78 is 2.74. The van der Waals surface area contributed by atoms with Crippen molar-refractivity contribution in [1.82, 2.24) is 14.9 Å². The largest absolute Gasteiger partial charge is 0.350 e. The molecule has 0 aliphatic carbocycles. The highest BCUT2D eigenvalue weighted by molar-refractivity contribution is 7.25. The maximum Gasteiger partial charge on any atom is 0.271 e. The van der Waals surface area contributed by atoms with Gasteiger partial charge in [0, 0.05) is 16.6 Å². The van der Waals surface area contributed by atoms with Crippen LogP contribution in [0.15, 0.2) is 53.6 Å². The van der Waals surface area contributed by atoms with Crippen molar-refractivity contribution in [1.29, 1.82) is 0 Å². The van der Waals surface area contributed by atoms with Crippen molar-refractivity contribution in [2.75, 3.05) is 0 Å². The molecule has 4 rings (SSSR count). The monoisotopic (exact) mass is 397 g/mol. The molecule has 0 unspecified atom stereocenters. The minimum Gasteiger partial charge on any atom is -0.350 e. The van der Waals surface area contributed by atoms with Crippen molar-refractivity contribution in [2.24, 2.45) is 0 Å². The molecule has 2 aromatic carbocycles. The quantitative estimate of drug-likeness (QED) is 0.568. The van der Waals surface area contributed by atoms with Crippen LogP contribution in [0.4, 0.5) is 0 Å². The number of nitrogens with zero attached hydrogens (tertiary/aromatic N) is 2. The molecule has 7 heteroatoms. The first-order valence-electron chi connectivity index (χ1n) is 8.41. The molecular weight excluding hydrogens is 382 g/mol. The predicted octanol–water partition coefficient (Wildman–Crippen LogP) is 3.89. The van der Waals surface area contributed by atoms with Crippen LogP contribution in [0.5, 0.6) is 0 Å². The Morgan fingerprint density at radius 1 is 1.22 bits per heavy atom. The van der Waals surface area contributed by atoms with Crippen LogP contribution in [-0.4, -0.2) is 15.5 Å². The van der Waals surface area contributed by atoms with Gasteiger partial charge in [-0.15, -0.1) is 11.3 Å². The van der Waals surface area contributed by atoms with Crippen molar-refractivity contribution in [3.8, 4) is 0 Å². The highest BCUT2D eigenvalue weighted by Crippen LogP contribution is 2.34. The first-order valence-corrected chi connectivity index (χ1v) is 9.61. The van der Waals surface area contributed by atoms with Crippen molar-refractivity contribution in [3.05, 3.63) is 75.3 Å². The average Bonchev–Trinajstić information content (AvgIpc) is 3.04. The molecule has 0 spiro atoms. The van der Waals surface area contributed by atoms with Crippen molar-refractivity contribution in [3.63, 3.8) is 0 Å². The molecule has 0 atom stereocenters. The van der Waals surface area contributed by atoms with Gasteiger partial charge < -0.3 is 5.32 Å². The lowest BCUT2D eigenvalue weighted by Crippen LogP contribution is -2.31. The molecule has 2 heterocycles. The standard InChI is InChI=1S/C20H16ClN3O2S/c1-12-5-7-13(8-6-12)9-22-16(25)10-24-11-23-18-17-14(21)3-2-4-15(17)27-19(18)20(24)26/h2-8,11H,9-10H2,1H3,(H,22,25). The van der Waals surface area contributed by atoms with Crippen LogP contribution in [0.3, 0.4) is 0 Å². The number of carbonyl (C=O) groups excluding carboxylic acids is 1. The van der Waals surface area contributed by atoms with Crippen molar-refractivity contribution >= 4 is 49.1 Å². The van der Waals surface area contributed by atoms with E-state index >= 15 is 0 Å². The van der Waals surface area contributed by atoms with Gasteiger partial charge in [-0.2, -0.15) is 0 Å². The molecule has 0 fully saturated rings. The average molecular weight is 398 g/mol. The third kappa shape index (κ3) is 3.46. The fraction of sp³-hybridized carbons (Fsp3) is 0.150.